The van der Waals surface area contributed by atoms with Gasteiger partial charge in [0.15, 0.2) is 0 Å². The van der Waals surface area contributed by atoms with Gasteiger partial charge in [-0.25, -0.2) is 0 Å². The quantitative estimate of drug-likeness (QED) is 0.842. The summed E-state index contributed by atoms with van der Waals surface area (Å²) >= 11 is 0. The Morgan fingerprint density at radius 2 is 2.06 bits per heavy atom. The third-order valence-corrected chi connectivity index (χ3v) is 2.67. The fourth-order valence-corrected chi connectivity index (χ4v) is 1.89. The highest BCUT2D eigenvalue weighted by molar-refractivity contribution is 5.81. The third kappa shape index (κ3) is 2.38. The van der Waals surface area contributed by atoms with E-state index in [1.165, 1.54) is 10.9 Å². The fourth-order valence-electron chi connectivity index (χ4n) is 1.89. The van der Waals surface area contributed by atoms with Crippen molar-refractivity contribution in [3.8, 4) is 0 Å². The highest BCUT2D eigenvalue weighted by Crippen LogP contribution is 2.16. The molecule has 2 N–H and O–H groups in total. The molecule has 1 heterocycles. The first-order chi connectivity index (χ1) is 7.81. The Balaban J connectivity index is 2.30. The van der Waals surface area contributed by atoms with Gasteiger partial charge in [0.1, 0.15) is 0 Å². The molecule has 0 radical (unpaired) electrons. The molecule has 1 aromatic carbocycles. The van der Waals surface area contributed by atoms with Gasteiger partial charge in [0.05, 0.1) is 5.52 Å². The minimum absolute atomic E-state index is 0.689. The number of hydrogen-bond acceptors (Lipinski definition) is 3. The summed E-state index contributed by atoms with van der Waals surface area (Å²) in [6.07, 6.45) is 1.84. The number of likely N-dealkylation sites (N-methyl/N-ethyl adjacent to an activating group) is 1. The van der Waals surface area contributed by atoms with Crippen molar-refractivity contribution in [3.63, 3.8) is 0 Å². The summed E-state index contributed by atoms with van der Waals surface area (Å²) in [7, 11) is 2.08. The molecular weight excluding hydrogens is 198 g/mol. The molecule has 0 fully saturated rings. The number of aromatic nitrogens is 1. The lowest BCUT2D eigenvalue weighted by molar-refractivity contribution is 0.337. The third-order valence-electron chi connectivity index (χ3n) is 2.67. The summed E-state index contributed by atoms with van der Waals surface area (Å²) < 4.78 is 0. The van der Waals surface area contributed by atoms with E-state index in [4.69, 9.17) is 5.73 Å². The lowest BCUT2D eigenvalue weighted by Crippen LogP contribution is -2.25. The van der Waals surface area contributed by atoms with Crippen LogP contribution in [0.15, 0.2) is 36.5 Å². The van der Waals surface area contributed by atoms with Crippen molar-refractivity contribution in [1.82, 2.24) is 9.88 Å². The number of benzene rings is 1. The van der Waals surface area contributed by atoms with Crippen LogP contribution in [0.2, 0.25) is 0 Å². The maximum atomic E-state index is 5.54. The molecule has 0 aliphatic rings. The van der Waals surface area contributed by atoms with E-state index in [2.05, 4.69) is 41.2 Å². The van der Waals surface area contributed by atoms with Gasteiger partial charge in [-0.05, 0) is 18.7 Å². The van der Waals surface area contributed by atoms with Gasteiger partial charge < -0.3 is 10.6 Å². The molecule has 0 saturated carbocycles. The van der Waals surface area contributed by atoms with E-state index in [1.807, 2.05) is 12.3 Å². The van der Waals surface area contributed by atoms with Crippen molar-refractivity contribution in [3.05, 3.63) is 42.1 Å². The smallest absolute Gasteiger partial charge is 0.0746 e. The van der Waals surface area contributed by atoms with Crippen LogP contribution in [0.4, 0.5) is 0 Å². The largest absolute Gasteiger partial charge is 0.329 e. The van der Waals surface area contributed by atoms with Gasteiger partial charge in [-0.3, -0.25) is 4.98 Å². The number of para-hydroxylation sites is 1. The average Bonchev–Trinajstić information content (AvgIpc) is 2.30. The van der Waals surface area contributed by atoms with Crippen molar-refractivity contribution in [2.45, 2.75) is 6.54 Å². The van der Waals surface area contributed by atoms with E-state index >= 15 is 0 Å². The molecule has 2 rings (SSSR count). The van der Waals surface area contributed by atoms with Crippen molar-refractivity contribution < 1.29 is 0 Å². The highest BCUT2D eigenvalue weighted by Gasteiger charge is 2.04. The zero-order valence-corrected chi connectivity index (χ0v) is 9.56. The predicted octanol–water partition coefficient (Wildman–Crippen LogP) is 1.63. The van der Waals surface area contributed by atoms with Crippen LogP contribution < -0.4 is 5.73 Å². The Hall–Kier alpha value is -1.45. The van der Waals surface area contributed by atoms with Gasteiger partial charge in [-0.15, -0.1) is 0 Å². The first-order valence-electron chi connectivity index (χ1n) is 5.52. The Kier molecular flexibility index (Phi) is 3.49. The lowest BCUT2D eigenvalue weighted by Gasteiger charge is -2.16. The molecule has 3 heteroatoms. The Labute approximate surface area is 95.9 Å². The molecule has 0 bridgehead atoms. The molecule has 2 aromatic rings. The molecule has 1 aromatic heterocycles. The van der Waals surface area contributed by atoms with Crippen LogP contribution in [0.3, 0.4) is 0 Å². The second kappa shape index (κ2) is 5.05. The summed E-state index contributed by atoms with van der Waals surface area (Å²) in [5.41, 5.74) is 7.89. The van der Waals surface area contributed by atoms with Crippen molar-refractivity contribution in [2.24, 2.45) is 5.73 Å². The van der Waals surface area contributed by atoms with Crippen LogP contribution in [0.1, 0.15) is 5.56 Å². The van der Waals surface area contributed by atoms with Crippen molar-refractivity contribution >= 4 is 10.9 Å². The zero-order valence-electron chi connectivity index (χ0n) is 9.56. The minimum Gasteiger partial charge on any atom is -0.329 e. The van der Waals surface area contributed by atoms with Gasteiger partial charge in [-0.1, -0.05) is 24.3 Å². The van der Waals surface area contributed by atoms with Crippen LogP contribution in [0.5, 0.6) is 0 Å². The molecule has 84 valence electrons. The van der Waals surface area contributed by atoms with Crippen LogP contribution in [-0.2, 0) is 6.54 Å². The second-order valence-electron chi connectivity index (χ2n) is 4.02. The molecule has 0 amide bonds. The Morgan fingerprint density at radius 1 is 1.25 bits per heavy atom. The van der Waals surface area contributed by atoms with Crippen LogP contribution >= 0.6 is 0 Å². The number of fused-ring (bicyclic) bond motifs is 1. The number of rotatable bonds is 4. The van der Waals surface area contributed by atoms with E-state index in [1.54, 1.807) is 0 Å². The van der Waals surface area contributed by atoms with Crippen molar-refractivity contribution in [2.75, 3.05) is 20.1 Å². The molecular formula is C13H17N3. The maximum Gasteiger partial charge on any atom is 0.0746 e. The summed E-state index contributed by atoms with van der Waals surface area (Å²) in [6.45, 7) is 2.49. The SMILES string of the molecule is CN(CCN)Cc1cccc2cccnc12. The van der Waals surface area contributed by atoms with Gasteiger partial charge in [0, 0.05) is 31.2 Å². The van der Waals surface area contributed by atoms with Crippen LogP contribution in [-0.4, -0.2) is 30.0 Å². The summed E-state index contributed by atoms with van der Waals surface area (Å²) in [6, 6.07) is 10.4. The molecule has 3 nitrogen and oxygen atoms in total. The van der Waals surface area contributed by atoms with Gasteiger partial charge >= 0.3 is 0 Å². The van der Waals surface area contributed by atoms with Crippen LogP contribution in [0.25, 0.3) is 10.9 Å². The van der Waals surface area contributed by atoms with Gasteiger partial charge in [0.25, 0.3) is 0 Å². The lowest BCUT2D eigenvalue weighted by atomic mass is 10.1. The molecule has 0 unspecified atom stereocenters. The number of nitrogens with two attached hydrogens (primary N) is 1. The monoisotopic (exact) mass is 215 g/mol. The van der Waals surface area contributed by atoms with E-state index < -0.39 is 0 Å². The fraction of sp³-hybridized carbons (Fsp3) is 0.308. The number of hydrogen-bond donors (Lipinski definition) is 1. The first-order valence-corrected chi connectivity index (χ1v) is 5.52. The second-order valence-corrected chi connectivity index (χ2v) is 4.02. The average molecular weight is 215 g/mol. The highest BCUT2D eigenvalue weighted by atomic mass is 15.1. The van der Waals surface area contributed by atoms with Gasteiger partial charge in [0.2, 0.25) is 0 Å². The van der Waals surface area contributed by atoms with E-state index in [-0.39, 0.29) is 0 Å². The predicted molar refractivity (Wildman–Crippen MR) is 67.1 cm³/mol. The Morgan fingerprint density at radius 3 is 2.88 bits per heavy atom. The minimum atomic E-state index is 0.689. The molecule has 0 aliphatic carbocycles. The molecule has 0 spiro atoms. The number of pyridine rings is 1. The molecule has 16 heavy (non-hydrogen) atoms. The van der Waals surface area contributed by atoms with Gasteiger partial charge in [-0.2, -0.15) is 0 Å². The first kappa shape index (κ1) is 11.0. The Bertz CT molecular complexity index is 462. The normalized spacial score (nSPS) is 11.2. The molecule has 0 saturated heterocycles. The van der Waals surface area contributed by atoms with Crippen molar-refractivity contribution in [1.29, 1.82) is 0 Å². The van der Waals surface area contributed by atoms with E-state index in [9.17, 15) is 0 Å². The number of nitrogens with zero attached hydrogens (tertiary/aromatic N) is 2. The van der Waals surface area contributed by atoms with Crippen LogP contribution in [0, 0.1) is 0 Å². The topological polar surface area (TPSA) is 42.1 Å². The summed E-state index contributed by atoms with van der Waals surface area (Å²) in [5, 5.41) is 1.20. The molecule has 0 aliphatic heterocycles. The molecule has 0 atom stereocenters. The summed E-state index contributed by atoms with van der Waals surface area (Å²) in [5.74, 6) is 0. The zero-order chi connectivity index (χ0) is 11.4. The van der Waals surface area contributed by atoms with E-state index in [0.717, 1.165) is 18.6 Å². The summed E-state index contributed by atoms with van der Waals surface area (Å²) in [4.78, 5) is 6.65. The standard InChI is InChI=1S/C13H17N3/c1-16(9-7-14)10-12-5-2-4-11-6-3-8-15-13(11)12/h2-6,8H,7,9-10,14H2,1H3. The van der Waals surface area contributed by atoms with E-state index in [0.29, 0.717) is 6.54 Å². The maximum absolute atomic E-state index is 5.54.